The molecular formula is C33H32N4O5S4. The van der Waals surface area contributed by atoms with Crippen LogP contribution in [0.2, 0.25) is 0 Å². The third kappa shape index (κ3) is 8.90. The summed E-state index contributed by atoms with van der Waals surface area (Å²) < 4.78 is 51.8. The molecule has 0 aliphatic heterocycles. The van der Waals surface area contributed by atoms with Gasteiger partial charge in [-0.2, -0.15) is 0 Å². The van der Waals surface area contributed by atoms with Crippen molar-refractivity contribution in [2.75, 3.05) is 12.3 Å². The van der Waals surface area contributed by atoms with E-state index in [0.717, 1.165) is 38.7 Å². The predicted octanol–water partition coefficient (Wildman–Crippen LogP) is 5.68. The Kier molecular flexibility index (Phi) is 10.7. The number of hydrogen-bond donors (Lipinski definition) is 2. The number of thioether (sulfide) groups is 1. The van der Waals surface area contributed by atoms with Gasteiger partial charge < -0.3 is 0 Å². The van der Waals surface area contributed by atoms with E-state index in [1.165, 1.54) is 24.3 Å². The van der Waals surface area contributed by atoms with Gasteiger partial charge in [0.25, 0.3) is 15.9 Å². The first-order valence-corrected chi connectivity index (χ1v) is 19.0. The molecule has 9 nitrogen and oxygen atoms in total. The van der Waals surface area contributed by atoms with E-state index in [0.29, 0.717) is 30.3 Å². The molecule has 0 radical (unpaired) electrons. The Morgan fingerprint density at radius 2 is 1.35 bits per heavy atom. The van der Waals surface area contributed by atoms with Crippen LogP contribution in [0.3, 0.4) is 0 Å². The minimum Gasteiger partial charge on any atom is -0.294 e. The average molecular weight is 693 g/mol. The molecule has 0 saturated heterocycles. The van der Waals surface area contributed by atoms with Crippen molar-refractivity contribution >= 4 is 49.1 Å². The monoisotopic (exact) mass is 692 g/mol. The minimum atomic E-state index is -4.13. The number of rotatable bonds is 13. The van der Waals surface area contributed by atoms with E-state index < -0.39 is 26.0 Å². The van der Waals surface area contributed by atoms with E-state index in [1.54, 1.807) is 43.0 Å². The SMILES string of the molecule is Cc1nc(-c2ccccc2)sc1C(=O)NS(=O)(=O)c1ccc(CN(CCSc2ccccc2)Cc2ccc(S(N)(=O)=O)cc2)cc1. The Balaban J connectivity index is 1.27. The number of aryl methyl sites for hydroxylation is 1. The highest BCUT2D eigenvalue weighted by atomic mass is 32.2. The van der Waals surface area contributed by atoms with E-state index in [9.17, 15) is 21.6 Å². The van der Waals surface area contributed by atoms with Gasteiger partial charge in [-0.05, 0) is 54.4 Å². The van der Waals surface area contributed by atoms with Gasteiger partial charge in [0.05, 0.1) is 15.5 Å². The number of carbonyl (C=O) groups is 1. The number of hydrogen-bond acceptors (Lipinski definition) is 9. The van der Waals surface area contributed by atoms with Crippen LogP contribution in [0.4, 0.5) is 0 Å². The maximum absolute atomic E-state index is 13.1. The summed E-state index contributed by atoms with van der Waals surface area (Å²) in [5.41, 5.74) is 3.09. The molecule has 0 fully saturated rings. The van der Waals surface area contributed by atoms with Gasteiger partial charge >= 0.3 is 0 Å². The zero-order valence-electron chi connectivity index (χ0n) is 24.9. The summed E-state index contributed by atoms with van der Waals surface area (Å²) in [5.74, 6) is 0.0811. The van der Waals surface area contributed by atoms with Gasteiger partial charge in [0.1, 0.15) is 9.88 Å². The molecule has 0 atom stereocenters. The Morgan fingerprint density at radius 3 is 1.91 bits per heavy atom. The Morgan fingerprint density at radius 1 is 0.804 bits per heavy atom. The molecule has 3 N–H and O–H groups in total. The van der Waals surface area contributed by atoms with Crippen LogP contribution in [0.15, 0.2) is 124 Å². The average Bonchev–Trinajstić information content (AvgIpc) is 3.43. The molecule has 0 saturated carbocycles. The second-order valence-corrected chi connectivity index (χ2v) is 15.9. The number of nitrogens with one attached hydrogen (secondary N) is 1. The van der Waals surface area contributed by atoms with Gasteiger partial charge in [0, 0.05) is 35.8 Å². The molecular weight excluding hydrogens is 661 g/mol. The van der Waals surface area contributed by atoms with Crippen molar-refractivity contribution in [2.45, 2.75) is 34.7 Å². The number of primary sulfonamides is 1. The van der Waals surface area contributed by atoms with Gasteiger partial charge in [0.15, 0.2) is 0 Å². The second-order valence-electron chi connectivity index (χ2n) is 10.4. The topological polar surface area (TPSA) is 140 Å². The Hall–Kier alpha value is -3.85. The summed E-state index contributed by atoms with van der Waals surface area (Å²) in [5, 5.41) is 5.89. The van der Waals surface area contributed by atoms with Crippen LogP contribution < -0.4 is 9.86 Å². The first kappa shape index (κ1) is 33.5. The lowest BCUT2D eigenvalue weighted by Gasteiger charge is -2.23. The van der Waals surface area contributed by atoms with Gasteiger partial charge in [-0.1, -0.05) is 72.8 Å². The van der Waals surface area contributed by atoms with Crippen molar-refractivity contribution in [1.29, 1.82) is 0 Å². The number of aromatic nitrogens is 1. The zero-order chi connectivity index (χ0) is 32.7. The van der Waals surface area contributed by atoms with E-state index in [-0.39, 0.29) is 14.7 Å². The summed E-state index contributed by atoms with van der Waals surface area (Å²) in [4.78, 5) is 21.1. The lowest BCUT2D eigenvalue weighted by Crippen LogP contribution is -2.30. The third-order valence-corrected chi connectivity index (χ3v) is 11.4. The summed E-state index contributed by atoms with van der Waals surface area (Å²) in [6.45, 7) is 3.44. The number of nitrogens with two attached hydrogens (primary N) is 1. The highest BCUT2D eigenvalue weighted by Gasteiger charge is 2.23. The van der Waals surface area contributed by atoms with Crippen LogP contribution in [-0.2, 0) is 33.1 Å². The number of amides is 1. The molecule has 1 amide bonds. The summed E-state index contributed by atoms with van der Waals surface area (Å²) in [6, 6.07) is 32.3. The molecule has 0 aliphatic rings. The maximum atomic E-state index is 13.1. The molecule has 46 heavy (non-hydrogen) atoms. The van der Waals surface area contributed by atoms with Gasteiger partial charge in [-0.3, -0.25) is 9.69 Å². The van der Waals surface area contributed by atoms with Crippen molar-refractivity contribution in [3.05, 3.63) is 131 Å². The van der Waals surface area contributed by atoms with Crippen LogP contribution in [0, 0.1) is 6.92 Å². The molecule has 0 aliphatic carbocycles. The van der Waals surface area contributed by atoms with Crippen molar-refractivity contribution < 1.29 is 21.6 Å². The van der Waals surface area contributed by atoms with Crippen LogP contribution in [0.5, 0.6) is 0 Å². The van der Waals surface area contributed by atoms with Crippen molar-refractivity contribution in [3.63, 3.8) is 0 Å². The van der Waals surface area contributed by atoms with E-state index in [1.807, 2.05) is 48.5 Å². The largest absolute Gasteiger partial charge is 0.294 e. The number of sulfonamides is 2. The molecule has 4 aromatic carbocycles. The molecule has 5 aromatic rings. The molecule has 0 unspecified atom stereocenters. The fraction of sp³-hybridized carbons (Fsp3) is 0.152. The first-order chi connectivity index (χ1) is 22.0. The third-order valence-electron chi connectivity index (χ3n) is 6.97. The number of benzene rings is 4. The zero-order valence-corrected chi connectivity index (χ0v) is 28.1. The fourth-order valence-electron chi connectivity index (χ4n) is 4.64. The summed E-state index contributed by atoms with van der Waals surface area (Å²) in [7, 11) is -7.92. The minimum absolute atomic E-state index is 0.0279. The van der Waals surface area contributed by atoms with Crippen molar-refractivity contribution in [1.82, 2.24) is 14.6 Å². The van der Waals surface area contributed by atoms with E-state index in [4.69, 9.17) is 5.14 Å². The summed E-state index contributed by atoms with van der Waals surface area (Å²) >= 11 is 2.87. The highest BCUT2D eigenvalue weighted by Crippen LogP contribution is 2.28. The predicted molar refractivity (Wildman–Crippen MR) is 182 cm³/mol. The van der Waals surface area contributed by atoms with Gasteiger partial charge in [0.2, 0.25) is 10.0 Å². The molecule has 13 heteroatoms. The van der Waals surface area contributed by atoms with Crippen LogP contribution in [0.1, 0.15) is 26.5 Å². The number of carbonyl (C=O) groups excluding carboxylic acids is 1. The van der Waals surface area contributed by atoms with Crippen LogP contribution in [-0.4, -0.2) is 44.9 Å². The van der Waals surface area contributed by atoms with Gasteiger partial charge in [-0.15, -0.1) is 23.1 Å². The molecule has 0 spiro atoms. The first-order valence-electron chi connectivity index (χ1n) is 14.2. The molecule has 0 bridgehead atoms. The molecule has 5 rings (SSSR count). The smallest absolute Gasteiger partial charge is 0.277 e. The Labute approximate surface area is 277 Å². The highest BCUT2D eigenvalue weighted by molar-refractivity contribution is 7.99. The molecule has 1 heterocycles. The quantitative estimate of drug-likeness (QED) is 0.150. The maximum Gasteiger partial charge on any atom is 0.277 e. The second kappa shape index (κ2) is 14.7. The normalized spacial score (nSPS) is 11.9. The lowest BCUT2D eigenvalue weighted by molar-refractivity contribution is 0.0984. The van der Waals surface area contributed by atoms with Crippen molar-refractivity contribution in [3.8, 4) is 10.6 Å². The van der Waals surface area contributed by atoms with Gasteiger partial charge in [-0.25, -0.2) is 31.7 Å². The van der Waals surface area contributed by atoms with E-state index >= 15 is 0 Å². The van der Waals surface area contributed by atoms with Crippen LogP contribution >= 0.6 is 23.1 Å². The molecule has 238 valence electrons. The van der Waals surface area contributed by atoms with E-state index in [2.05, 4.69) is 26.7 Å². The fourth-order valence-corrected chi connectivity index (χ4v) is 8.08. The summed E-state index contributed by atoms with van der Waals surface area (Å²) in [6.07, 6.45) is 0. The molecule has 1 aromatic heterocycles. The number of nitrogens with zero attached hydrogens (tertiary/aromatic N) is 2. The lowest BCUT2D eigenvalue weighted by atomic mass is 10.1. The number of thiazole rings is 1. The Bertz CT molecular complexity index is 2000. The van der Waals surface area contributed by atoms with Crippen LogP contribution in [0.25, 0.3) is 10.6 Å². The van der Waals surface area contributed by atoms with Crippen molar-refractivity contribution in [2.24, 2.45) is 5.14 Å². The standard InChI is InChI=1S/C33H32N4O5S4/c1-24-31(44-33(35-24)27-8-4-2-5-9-27)32(38)36-46(41,42)30-18-14-26(15-19-30)23-37(20-21-43-28-10-6-3-7-11-28)22-25-12-16-29(17-13-25)45(34,39)40/h2-19H,20-23H2,1H3,(H,36,38)(H2,34,39,40).